The van der Waals surface area contributed by atoms with Gasteiger partial charge in [-0.05, 0) is 27.6 Å². The number of hydrogen-bond acceptors (Lipinski definition) is 3. The number of nitrogens with two attached hydrogens (primary N) is 1. The number of nitrogens with one attached hydrogen (secondary N) is 1. The first-order valence-corrected chi connectivity index (χ1v) is 4.62. The van der Waals surface area contributed by atoms with Crippen molar-refractivity contribution in [3.63, 3.8) is 0 Å². The maximum absolute atomic E-state index is 5.34. The molecular formula is C8H12BrN3. The second kappa shape index (κ2) is 5.24. The smallest absolute Gasteiger partial charge is 0.0410 e. The van der Waals surface area contributed by atoms with Gasteiger partial charge in [-0.25, -0.2) is 0 Å². The molecule has 0 spiro atoms. The van der Waals surface area contributed by atoms with Gasteiger partial charge in [0.2, 0.25) is 0 Å². The fourth-order valence-corrected chi connectivity index (χ4v) is 1.30. The van der Waals surface area contributed by atoms with Gasteiger partial charge in [0.25, 0.3) is 0 Å². The molecule has 1 aromatic heterocycles. The maximum atomic E-state index is 5.34. The number of rotatable bonds is 4. The molecule has 0 radical (unpaired) electrons. The van der Waals surface area contributed by atoms with E-state index in [2.05, 4.69) is 26.2 Å². The Morgan fingerprint density at radius 2 is 2.33 bits per heavy atom. The van der Waals surface area contributed by atoms with E-state index in [1.54, 1.807) is 6.20 Å². The third kappa shape index (κ3) is 3.30. The van der Waals surface area contributed by atoms with E-state index in [4.69, 9.17) is 5.73 Å². The Morgan fingerprint density at radius 3 is 3.00 bits per heavy atom. The van der Waals surface area contributed by atoms with Gasteiger partial charge in [0.1, 0.15) is 0 Å². The molecule has 0 aliphatic heterocycles. The largest absolute Gasteiger partial charge is 0.329 e. The summed E-state index contributed by atoms with van der Waals surface area (Å²) in [5, 5.41) is 3.19. The van der Waals surface area contributed by atoms with Crippen LogP contribution in [0.5, 0.6) is 0 Å². The number of aromatic nitrogens is 1. The van der Waals surface area contributed by atoms with Crippen LogP contribution in [0.2, 0.25) is 0 Å². The van der Waals surface area contributed by atoms with Crippen LogP contribution in [0.15, 0.2) is 22.9 Å². The minimum Gasteiger partial charge on any atom is -0.329 e. The quantitative estimate of drug-likeness (QED) is 0.755. The molecule has 0 saturated carbocycles. The van der Waals surface area contributed by atoms with Gasteiger partial charge in [0.05, 0.1) is 0 Å². The van der Waals surface area contributed by atoms with Gasteiger partial charge in [-0.2, -0.15) is 0 Å². The Balaban J connectivity index is 2.41. The first-order chi connectivity index (χ1) is 5.83. The van der Waals surface area contributed by atoms with E-state index in [-0.39, 0.29) is 0 Å². The summed E-state index contributed by atoms with van der Waals surface area (Å²) in [5.41, 5.74) is 6.50. The van der Waals surface area contributed by atoms with Crippen LogP contribution in [0, 0.1) is 0 Å². The molecule has 0 bridgehead atoms. The first kappa shape index (κ1) is 9.64. The van der Waals surface area contributed by atoms with E-state index in [0.717, 1.165) is 23.1 Å². The van der Waals surface area contributed by atoms with Crippen molar-refractivity contribution in [2.24, 2.45) is 5.73 Å². The highest BCUT2D eigenvalue weighted by atomic mass is 79.9. The molecule has 12 heavy (non-hydrogen) atoms. The lowest BCUT2D eigenvalue weighted by atomic mass is 10.3. The van der Waals surface area contributed by atoms with Crippen molar-refractivity contribution >= 4 is 15.9 Å². The van der Waals surface area contributed by atoms with Crippen molar-refractivity contribution in [1.29, 1.82) is 0 Å². The van der Waals surface area contributed by atoms with Gasteiger partial charge >= 0.3 is 0 Å². The molecule has 3 N–H and O–H groups in total. The van der Waals surface area contributed by atoms with E-state index >= 15 is 0 Å². The molecule has 1 heterocycles. The number of nitrogens with zero attached hydrogens (tertiary/aromatic N) is 1. The Labute approximate surface area is 80.5 Å². The molecule has 0 atom stereocenters. The lowest BCUT2D eigenvalue weighted by molar-refractivity contribution is 0.693. The zero-order valence-corrected chi connectivity index (χ0v) is 8.34. The Hall–Kier alpha value is -0.450. The molecule has 1 rings (SSSR count). The zero-order chi connectivity index (χ0) is 8.81. The number of pyridine rings is 1. The summed E-state index contributed by atoms with van der Waals surface area (Å²) in [7, 11) is 0. The van der Waals surface area contributed by atoms with Gasteiger partial charge < -0.3 is 11.1 Å². The molecule has 0 aromatic carbocycles. The normalized spacial score (nSPS) is 10.2. The van der Waals surface area contributed by atoms with Gasteiger partial charge in [0.15, 0.2) is 0 Å². The Kier molecular flexibility index (Phi) is 4.21. The Morgan fingerprint density at radius 1 is 1.50 bits per heavy atom. The summed E-state index contributed by atoms with van der Waals surface area (Å²) in [5.74, 6) is 0. The molecule has 0 amide bonds. The molecule has 3 nitrogen and oxygen atoms in total. The molecule has 4 heteroatoms. The van der Waals surface area contributed by atoms with Gasteiger partial charge in [-0.1, -0.05) is 0 Å². The number of hydrogen-bond donors (Lipinski definition) is 2. The molecule has 1 aromatic rings. The van der Waals surface area contributed by atoms with Gasteiger partial charge in [-0.15, -0.1) is 0 Å². The SMILES string of the molecule is NCCNCc1cncc(Br)c1. The van der Waals surface area contributed by atoms with E-state index in [1.165, 1.54) is 0 Å². The van der Waals surface area contributed by atoms with E-state index in [0.29, 0.717) is 6.54 Å². The minimum atomic E-state index is 0.668. The van der Waals surface area contributed by atoms with E-state index in [9.17, 15) is 0 Å². The predicted molar refractivity (Wildman–Crippen MR) is 52.7 cm³/mol. The molecule has 0 saturated heterocycles. The summed E-state index contributed by atoms with van der Waals surface area (Å²) < 4.78 is 1.01. The average Bonchev–Trinajstić information content (AvgIpc) is 2.05. The van der Waals surface area contributed by atoms with Crippen molar-refractivity contribution in [3.05, 3.63) is 28.5 Å². The fourth-order valence-electron chi connectivity index (χ4n) is 0.887. The Bertz CT molecular complexity index is 239. The maximum Gasteiger partial charge on any atom is 0.0410 e. The summed E-state index contributed by atoms with van der Waals surface area (Å²) in [4.78, 5) is 4.04. The third-order valence-corrected chi connectivity index (χ3v) is 1.85. The molecule has 0 aliphatic rings. The summed E-state index contributed by atoms with van der Waals surface area (Å²) in [6.45, 7) is 2.33. The van der Waals surface area contributed by atoms with Crippen LogP contribution in [0.3, 0.4) is 0 Å². The lowest BCUT2D eigenvalue weighted by Gasteiger charge is -2.02. The minimum absolute atomic E-state index is 0.668. The monoisotopic (exact) mass is 229 g/mol. The molecule has 0 fully saturated rings. The standard InChI is InChI=1S/C8H12BrN3/c9-8-3-7(5-12-6-8)4-11-2-1-10/h3,5-6,11H,1-2,4,10H2. The van der Waals surface area contributed by atoms with Crippen LogP contribution in [0.25, 0.3) is 0 Å². The highest BCUT2D eigenvalue weighted by Crippen LogP contribution is 2.08. The lowest BCUT2D eigenvalue weighted by Crippen LogP contribution is -2.21. The van der Waals surface area contributed by atoms with Crippen LogP contribution in [-0.4, -0.2) is 18.1 Å². The summed E-state index contributed by atoms with van der Waals surface area (Å²) in [6.07, 6.45) is 3.61. The zero-order valence-electron chi connectivity index (χ0n) is 6.76. The third-order valence-electron chi connectivity index (χ3n) is 1.41. The second-order valence-electron chi connectivity index (χ2n) is 2.48. The molecular weight excluding hydrogens is 218 g/mol. The molecule has 0 aliphatic carbocycles. The van der Waals surface area contributed by atoms with Crippen LogP contribution < -0.4 is 11.1 Å². The van der Waals surface area contributed by atoms with Crippen LogP contribution in [0.1, 0.15) is 5.56 Å². The topological polar surface area (TPSA) is 50.9 Å². The fraction of sp³-hybridized carbons (Fsp3) is 0.375. The van der Waals surface area contributed by atoms with Crippen LogP contribution in [0.4, 0.5) is 0 Å². The van der Waals surface area contributed by atoms with Crippen molar-refractivity contribution in [2.45, 2.75) is 6.54 Å². The first-order valence-electron chi connectivity index (χ1n) is 3.83. The predicted octanol–water partition coefficient (Wildman–Crippen LogP) is 0.892. The van der Waals surface area contributed by atoms with Crippen molar-refractivity contribution in [1.82, 2.24) is 10.3 Å². The average molecular weight is 230 g/mol. The second-order valence-corrected chi connectivity index (χ2v) is 3.39. The van der Waals surface area contributed by atoms with E-state index in [1.807, 2.05) is 12.3 Å². The van der Waals surface area contributed by atoms with Gasteiger partial charge in [0, 0.05) is 36.5 Å². The molecule has 66 valence electrons. The molecule has 0 unspecified atom stereocenters. The van der Waals surface area contributed by atoms with Crippen LogP contribution >= 0.6 is 15.9 Å². The summed E-state index contributed by atoms with van der Waals surface area (Å²) in [6, 6.07) is 2.04. The summed E-state index contributed by atoms with van der Waals surface area (Å²) >= 11 is 3.36. The van der Waals surface area contributed by atoms with Gasteiger partial charge in [-0.3, -0.25) is 4.98 Å². The van der Waals surface area contributed by atoms with Crippen molar-refractivity contribution < 1.29 is 0 Å². The van der Waals surface area contributed by atoms with Crippen LogP contribution in [-0.2, 0) is 6.54 Å². The van der Waals surface area contributed by atoms with Crippen molar-refractivity contribution in [2.75, 3.05) is 13.1 Å². The highest BCUT2D eigenvalue weighted by Gasteiger charge is 1.92. The highest BCUT2D eigenvalue weighted by molar-refractivity contribution is 9.10. The van der Waals surface area contributed by atoms with Crippen molar-refractivity contribution in [3.8, 4) is 0 Å². The van der Waals surface area contributed by atoms with E-state index < -0.39 is 0 Å². The number of halogens is 1.